The number of fused-ring (bicyclic) bond motifs is 1. The molecule has 9 nitrogen and oxygen atoms in total. The predicted molar refractivity (Wildman–Crippen MR) is 140 cm³/mol. The Labute approximate surface area is 221 Å². The number of aromatic nitrogens is 3. The van der Waals surface area contributed by atoms with Crippen LogP contribution in [0.3, 0.4) is 0 Å². The van der Waals surface area contributed by atoms with E-state index in [-0.39, 0.29) is 35.7 Å². The summed E-state index contributed by atoms with van der Waals surface area (Å²) in [6.45, 7) is 4.70. The van der Waals surface area contributed by atoms with Crippen molar-refractivity contribution in [1.82, 2.24) is 20.1 Å². The number of amides is 2. The first-order chi connectivity index (χ1) is 18.4. The van der Waals surface area contributed by atoms with Crippen LogP contribution in [-0.2, 0) is 4.79 Å². The minimum atomic E-state index is -0.187. The molecule has 2 saturated carbocycles. The SMILES string of the molecule is COc1cc(C(C)n2cc(C(=O)NC3CC(c4cc(C)ccc4C#N)C3)cn2)cnc1N1C[C@H]2C[C@H]2C1=O. The predicted octanol–water partition coefficient (Wildman–Crippen LogP) is 3.73. The topological polar surface area (TPSA) is 113 Å². The number of hydrogen-bond acceptors (Lipinski definition) is 6. The Morgan fingerprint density at radius 3 is 2.76 bits per heavy atom. The van der Waals surface area contributed by atoms with E-state index in [2.05, 4.69) is 27.5 Å². The van der Waals surface area contributed by atoms with Gasteiger partial charge in [-0.25, -0.2) is 4.98 Å². The van der Waals surface area contributed by atoms with E-state index >= 15 is 0 Å². The number of pyridine rings is 1. The van der Waals surface area contributed by atoms with Gasteiger partial charge in [0.25, 0.3) is 5.91 Å². The molecule has 0 radical (unpaired) electrons. The molecule has 2 aromatic heterocycles. The lowest BCUT2D eigenvalue weighted by atomic mass is 9.74. The van der Waals surface area contributed by atoms with E-state index in [1.54, 1.807) is 35.3 Å². The minimum Gasteiger partial charge on any atom is -0.493 e. The smallest absolute Gasteiger partial charge is 0.254 e. The zero-order valence-electron chi connectivity index (χ0n) is 21.7. The zero-order chi connectivity index (χ0) is 26.6. The second-order valence-corrected chi connectivity index (χ2v) is 10.8. The molecule has 1 aliphatic heterocycles. The van der Waals surface area contributed by atoms with Gasteiger partial charge in [0.15, 0.2) is 11.6 Å². The van der Waals surface area contributed by atoms with Crippen LogP contribution in [0.25, 0.3) is 0 Å². The van der Waals surface area contributed by atoms with Gasteiger partial charge in [0.2, 0.25) is 5.91 Å². The molecule has 1 N–H and O–H groups in total. The number of benzene rings is 1. The summed E-state index contributed by atoms with van der Waals surface area (Å²) in [4.78, 5) is 31.7. The number of nitriles is 1. The molecule has 3 fully saturated rings. The maximum atomic E-state index is 12.9. The lowest BCUT2D eigenvalue weighted by Gasteiger charge is -2.36. The second-order valence-electron chi connectivity index (χ2n) is 10.8. The van der Waals surface area contributed by atoms with Gasteiger partial charge < -0.3 is 10.1 Å². The largest absolute Gasteiger partial charge is 0.493 e. The third kappa shape index (κ3) is 4.20. The fourth-order valence-electron chi connectivity index (χ4n) is 5.70. The van der Waals surface area contributed by atoms with Gasteiger partial charge in [-0.1, -0.05) is 17.7 Å². The number of ether oxygens (including phenoxy) is 1. The number of rotatable bonds is 7. The summed E-state index contributed by atoms with van der Waals surface area (Å²) < 4.78 is 7.32. The number of anilines is 1. The maximum absolute atomic E-state index is 12.9. The lowest BCUT2D eigenvalue weighted by molar-refractivity contribution is -0.118. The minimum absolute atomic E-state index is 0.0701. The van der Waals surface area contributed by atoms with Crippen molar-refractivity contribution in [1.29, 1.82) is 5.26 Å². The summed E-state index contributed by atoms with van der Waals surface area (Å²) in [5, 5.41) is 17.0. The Bertz CT molecular complexity index is 1470. The van der Waals surface area contributed by atoms with Crippen molar-refractivity contribution in [2.75, 3.05) is 18.6 Å². The number of nitrogens with zero attached hydrogens (tertiary/aromatic N) is 5. The highest BCUT2D eigenvalue weighted by molar-refractivity contribution is 6.00. The van der Waals surface area contributed by atoms with Crippen LogP contribution in [0, 0.1) is 30.1 Å². The first kappa shape index (κ1) is 24.2. The molecule has 1 unspecified atom stereocenters. The second kappa shape index (κ2) is 9.28. The summed E-state index contributed by atoms with van der Waals surface area (Å²) in [7, 11) is 1.58. The molecule has 6 rings (SSSR count). The van der Waals surface area contributed by atoms with Crippen LogP contribution in [-0.4, -0.2) is 46.3 Å². The van der Waals surface area contributed by atoms with E-state index < -0.39 is 0 Å². The molecule has 1 aromatic carbocycles. The molecule has 1 saturated heterocycles. The van der Waals surface area contributed by atoms with Gasteiger partial charge in [-0.05, 0) is 68.2 Å². The molecule has 38 heavy (non-hydrogen) atoms. The van der Waals surface area contributed by atoms with E-state index in [1.165, 1.54) is 0 Å². The Kier molecular flexibility index (Phi) is 5.90. The van der Waals surface area contributed by atoms with Crippen LogP contribution in [0.5, 0.6) is 5.75 Å². The quantitative estimate of drug-likeness (QED) is 0.518. The molecular weight excluding hydrogens is 480 g/mol. The van der Waals surface area contributed by atoms with Crippen molar-refractivity contribution in [2.24, 2.45) is 11.8 Å². The molecule has 194 valence electrons. The lowest BCUT2D eigenvalue weighted by Crippen LogP contribution is -2.43. The highest BCUT2D eigenvalue weighted by Gasteiger charge is 2.53. The van der Waals surface area contributed by atoms with Crippen LogP contribution < -0.4 is 15.0 Å². The summed E-state index contributed by atoms with van der Waals surface area (Å²) in [6, 6.07) is 9.96. The van der Waals surface area contributed by atoms with Crippen LogP contribution in [0.2, 0.25) is 0 Å². The third-order valence-corrected chi connectivity index (χ3v) is 8.24. The van der Waals surface area contributed by atoms with Crippen molar-refractivity contribution >= 4 is 17.6 Å². The fraction of sp³-hybridized carbons (Fsp3) is 0.414. The average Bonchev–Trinajstić information content (AvgIpc) is 3.36. The van der Waals surface area contributed by atoms with Crippen molar-refractivity contribution in [3.8, 4) is 11.8 Å². The monoisotopic (exact) mass is 510 g/mol. The number of piperidine rings is 1. The van der Waals surface area contributed by atoms with Gasteiger partial charge in [-0.3, -0.25) is 19.2 Å². The number of nitrogens with one attached hydrogen (secondary N) is 1. The molecule has 0 spiro atoms. The number of methoxy groups -OCH3 is 1. The van der Waals surface area contributed by atoms with E-state index in [4.69, 9.17) is 4.74 Å². The van der Waals surface area contributed by atoms with Gasteiger partial charge >= 0.3 is 0 Å². The maximum Gasteiger partial charge on any atom is 0.254 e. The number of carbonyl (C=O) groups is 2. The van der Waals surface area contributed by atoms with Crippen molar-refractivity contribution in [3.05, 3.63) is 70.7 Å². The number of carbonyl (C=O) groups excluding carboxylic acids is 2. The fourth-order valence-corrected chi connectivity index (χ4v) is 5.70. The molecule has 0 bridgehead atoms. The molecule has 3 aliphatic rings. The van der Waals surface area contributed by atoms with Gasteiger partial charge in [-0.2, -0.15) is 10.4 Å². The van der Waals surface area contributed by atoms with E-state index in [9.17, 15) is 14.9 Å². The standard InChI is InChI=1S/C29H30N6O3/c1-16-4-5-18(11-30)24(6-16)19-7-23(8-19)33-28(36)22-13-32-35(15-22)17(2)20-10-26(38-3)27(31-12-20)34-14-21-9-25(21)29(34)37/h4-6,10,12-13,15,17,19,21,23,25H,7-9,14H2,1-3H3,(H,33,36)/t17?,19?,21-,23?,25-/m1/s1. The normalized spacial score (nSPS) is 24.3. The Morgan fingerprint density at radius 2 is 2.05 bits per heavy atom. The van der Waals surface area contributed by atoms with Gasteiger partial charge in [0, 0.05) is 30.9 Å². The highest BCUT2D eigenvalue weighted by atomic mass is 16.5. The number of aryl methyl sites for hydroxylation is 1. The first-order valence-electron chi connectivity index (χ1n) is 13.1. The first-order valence-corrected chi connectivity index (χ1v) is 13.1. The van der Waals surface area contributed by atoms with Gasteiger partial charge in [-0.15, -0.1) is 0 Å². The average molecular weight is 511 g/mol. The van der Waals surface area contributed by atoms with E-state index in [0.717, 1.165) is 36.0 Å². The third-order valence-electron chi connectivity index (χ3n) is 8.24. The van der Waals surface area contributed by atoms with E-state index in [0.29, 0.717) is 35.2 Å². The van der Waals surface area contributed by atoms with Crippen molar-refractivity contribution in [3.63, 3.8) is 0 Å². The molecule has 3 aromatic rings. The summed E-state index contributed by atoms with van der Waals surface area (Å²) in [5.74, 6) is 1.97. The summed E-state index contributed by atoms with van der Waals surface area (Å²) in [6.07, 6.45) is 7.67. The molecule has 3 heterocycles. The van der Waals surface area contributed by atoms with Gasteiger partial charge in [0.1, 0.15) is 0 Å². The van der Waals surface area contributed by atoms with Crippen LogP contribution >= 0.6 is 0 Å². The molecule has 9 heteroatoms. The van der Waals surface area contributed by atoms with E-state index in [1.807, 2.05) is 32.0 Å². The Hall–Kier alpha value is -4.19. The van der Waals surface area contributed by atoms with Crippen LogP contribution in [0.1, 0.15) is 70.8 Å². The van der Waals surface area contributed by atoms with Crippen molar-refractivity contribution in [2.45, 2.75) is 51.1 Å². The summed E-state index contributed by atoms with van der Waals surface area (Å²) in [5.41, 5.74) is 4.28. The Morgan fingerprint density at radius 1 is 1.24 bits per heavy atom. The van der Waals surface area contributed by atoms with Crippen LogP contribution in [0.4, 0.5) is 5.82 Å². The molecular formula is C29H30N6O3. The molecule has 3 atom stereocenters. The zero-order valence-corrected chi connectivity index (χ0v) is 21.7. The van der Waals surface area contributed by atoms with Crippen LogP contribution in [0.15, 0.2) is 42.9 Å². The molecule has 2 amide bonds. The van der Waals surface area contributed by atoms with Crippen molar-refractivity contribution < 1.29 is 14.3 Å². The summed E-state index contributed by atoms with van der Waals surface area (Å²) >= 11 is 0. The highest BCUT2D eigenvalue weighted by Crippen LogP contribution is 2.48. The number of hydrogen-bond donors (Lipinski definition) is 1. The molecule has 2 aliphatic carbocycles. The van der Waals surface area contributed by atoms with Gasteiger partial charge in [0.05, 0.1) is 36.5 Å². The Balaban J connectivity index is 1.09.